The Morgan fingerprint density at radius 2 is 0.934 bits per heavy atom. The molecule has 9 nitrogen and oxygen atoms in total. The number of hydrogen-bond acceptors (Lipinski definition) is 7. The van der Waals surface area contributed by atoms with Crippen LogP contribution in [0.2, 0.25) is 0 Å². The Morgan fingerprint density at radius 1 is 0.525 bits per heavy atom. The fourth-order valence-electron chi connectivity index (χ4n) is 6.20. The Kier molecular flexibility index (Phi) is 44.5. The van der Waals surface area contributed by atoms with Gasteiger partial charge in [-0.2, -0.15) is 0 Å². The van der Waals surface area contributed by atoms with Crippen molar-refractivity contribution in [2.75, 3.05) is 26.4 Å². The maximum atomic E-state index is 12.1. The monoisotopic (exact) mass is 874 g/mol. The molecular formula is C51H88NO8P. The minimum atomic E-state index is -4.44. The summed E-state index contributed by atoms with van der Waals surface area (Å²) in [6.45, 7) is 3.37. The Bertz CT molecular complexity index is 1270. The van der Waals surface area contributed by atoms with Crippen molar-refractivity contribution >= 4 is 19.7 Å². The predicted molar refractivity (Wildman–Crippen MR) is 256 cm³/mol. The van der Waals surface area contributed by atoms with E-state index in [1.165, 1.54) is 83.5 Å². The van der Waals surface area contributed by atoms with E-state index in [0.717, 1.165) is 83.5 Å². The molecule has 61 heavy (non-hydrogen) atoms. The zero-order valence-electron chi connectivity index (χ0n) is 38.6. The van der Waals surface area contributed by atoms with Crippen molar-refractivity contribution in [1.29, 1.82) is 0 Å². The Hall–Kier alpha value is -2.81. The lowest BCUT2D eigenvalue weighted by molar-refractivity contribution is -0.147. The largest absolute Gasteiger partial charge is 0.472 e. The molecule has 0 heterocycles. The Balaban J connectivity index is 3.64. The van der Waals surface area contributed by atoms with Gasteiger partial charge in [-0.05, 0) is 89.9 Å². The second-order valence-electron chi connectivity index (χ2n) is 15.7. The minimum absolute atomic E-state index is 0.0590. The van der Waals surface area contributed by atoms with Gasteiger partial charge in [-0.1, -0.05) is 176 Å². The summed E-state index contributed by atoms with van der Waals surface area (Å²) in [6.07, 6.45) is 59.4. The van der Waals surface area contributed by atoms with Gasteiger partial charge in [-0.15, -0.1) is 0 Å². The van der Waals surface area contributed by atoms with Crippen LogP contribution in [0.5, 0.6) is 0 Å². The highest BCUT2D eigenvalue weighted by Gasteiger charge is 2.23. The molecule has 0 rings (SSSR count). The van der Waals surface area contributed by atoms with E-state index in [2.05, 4.69) is 104 Å². The van der Waals surface area contributed by atoms with Crippen LogP contribution in [-0.4, -0.2) is 54.3 Å². The fourth-order valence-corrected chi connectivity index (χ4v) is 6.96. The molecule has 2 atom stereocenters. The number of phosphoric acid groups is 1. The van der Waals surface area contributed by atoms with Crippen molar-refractivity contribution < 1.29 is 37.9 Å². The van der Waals surface area contributed by atoms with Gasteiger partial charge in [0.1, 0.15) is 12.7 Å². The van der Waals surface area contributed by atoms with E-state index < -0.39 is 26.5 Å². The molecule has 0 aliphatic rings. The first kappa shape index (κ1) is 58.2. The van der Waals surface area contributed by atoms with Crippen LogP contribution in [0.4, 0.5) is 0 Å². The zero-order valence-corrected chi connectivity index (χ0v) is 39.5. The summed E-state index contributed by atoms with van der Waals surface area (Å²) in [5.41, 5.74) is 0. The second-order valence-corrected chi connectivity index (χ2v) is 17.1. The molecule has 350 valence electrons. The first-order valence-electron chi connectivity index (χ1n) is 24.1. The molecule has 0 aromatic carbocycles. The molecule has 0 aliphatic heterocycles. The Morgan fingerprint density at radius 3 is 1.43 bits per heavy atom. The summed E-state index contributed by atoms with van der Waals surface area (Å²) in [6, 6.07) is 0. The van der Waals surface area contributed by atoms with Gasteiger partial charge in [0.25, 0.3) is 0 Å². The van der Waals surface area contributed by atoms with Crippen LogP contribution in [0.25, 0.3) is 0 Å². The van der Waals surface area contributed by atoms with Gasteiger partial charge in [0.15, 0.2) is 0 Å². The van der Waals surface area contributed by atoms with Crippen LogP contribution in [0.1, 0.15) is 194 Å². The van der Waals surface area contributed by atoms with Crippen molar-refractivity contribution in [1.82, 2.24) is 5.32 Å². The summed E-state index contributed by atoms with van der Waals surface area (Å²) in [5, 5.41) is 12.7. The van der Waals surface area contributed by atoms with Crippen LogP contribution in [0, 0.1) is 0 Å². The van der Waals surface area contributed by atoms with E-state index in [1.807, 2.05) is 0 Å². The number of aliphatic hydroxyl groups excluding tert-OH is 1. The molecule has 0 aliphatic carbocycles. The maximum Gasteiger partial charge on any atom is 0.472 e. The van der Waals surface area contributed by atoms with E-state index in [9.17, 15) is 24.2 Å². The molecule has 0 radical (unpaired) electrons. The standard InChI is InChI=1S/C51H88NO8P/c1-3-5-7-9-11-13-15-17-19-21-23-24-26-28-30-32-34-36-38-40-42-44-51(55)58-47-49(53)48-60-61(56,57)59-46-45-52-50(54)43-41-39-37-35-33-31-29-27-25-22-20-18-16-14-12-10-8-6-4-2/h6,8,11-14,17-20,25,27,31,33,49,53H,3-5,7,9-10,15-16,21-24,26,28-30,32,34-48H2,1-2H3,(H,52,54)(H,56,57)/b8-6-,13-11-,14-12-,19-17-,20-18-,27-25-,33-31-. The third-order valence-electron chi connectivity index (χ3n) is 9.81. The van der Waals surface area contributed by atoms with Crippen molar-refractivity contribution in [2.45, 2.75) is 200 Å². The molecule has 2 unspecified atom stereocenters. The summed E-state index contributed by atoms with van der Waals surface area (Å²) in [5.74, 6) is -0.555. The number of ether oxygens (including phenoxy) is 1. The van der Waals surface area contributed by atoms with Crippen molar-refractivity contribution in [3.63, 3.8) is 0 Å². The highest BCUT2D eigenvalue weighted by molar-refractivity contribution is 7.47. The zero-order chi connectivity index (χ0) is 44.6. The first-order chi connectivity index (χ1) is 29.8. The lowest BCUT2D eigenvalue weighted by Crippen LogP contribution is -2.27. The smallest absolute Gasteiger partial charge is 0.463 e. The molecule has 0 fully saturated rings. The first-order valence-corrected chi connectivity index (χ1v) is 25.6. The topological polar surface area (TPSA) is 131 Å². The van der Waals surface area contributed by atoms with Crippen LogP contribution in [0.3, 0.4) is 0 Å². The van der Waals surface area contributed by atoms with Gasteiger partial charge in [-0.25, -0.2) is 4.57 Å². The third kappa shape index (κ3) is 48.1. The van der Waals surface area contributed by atoms with Crippen LogP contribution >= 0.6 is 7.82 Å². The normalized spacial score (nSPS) is 14.0. The maximum absolute atomic E-state index is 12.1. The van der Waals surface area contributed by atoms with Gasteiger partial charge in [-0.3, -0.25) is 18.6 Å². The van der Waals surface area contributed by atoms with Crippen LogP contribution in [0.15, 0.2) is 85.1 Å². The van der Waals surface area contributed by atoms with Crippen molar-refractivity contribution in [2.24, 2.45) is 0 Å². The molecule has 10 heteroatoms. The van der Waals surface area contributed by atoms with E-state index in [4.69, 9.17) is 13.8 Å². The number of amides is 1. The lowest BCUT2D eigenvalue weighted by atomic mass is 10.0. The lowest BCUT2D eigenvalue weighted by Gasteiger charge is -2.15. The van der Waals surface area contributed by atoms with Crippen LogP contribution in [-0.2, 0) is 27.9 Å². The average Bonchev–Trinajstić information content (AvgIpc) is 3.25. The van der Waals surface area contributed by atoms with Gasteiger partial charge >= 0.3 is 13.8 Å². The van der Waals surface area contributed by atoms with E-state index >= 15 is 0 Å². The van der Waals surface area contributed by atoms with Gasteiger partial charge in [0, 0.05) is 19.4 Å². The Labute approximate surface area is 373 Å². The number of carbonyl (C=O) groups is 2. The highest BCUT2D eigenvalue weighted by atomic mass is 31.2. The molecule has 0 aromatic rings. The number of nitrogens with one attached hydrogen (secondary N) is 1. The molecule has 0 saturated heterocycles. The summed E-state index contributed by atoms with van der Waals surface area (Å²) in [4.78, 5) is 34.0. The number of hydrogen-bond donors (Lipinski definition) is 3. The molecule has 0 saturated carbocycles. The summed E-state index contributed by atoms with van der Waals surface area (Å²) >= 11 is 0. The van der Waals surface area contributed by atoms with Gasteiger partial charge in [0.05, 0.1) is 13.2 Å². The number of rotatable bonds is 44. The average molecular weight is 874 g/mol. The van der Waals surface area contributed by atoms with E-state index in [-0.39, 0.29) is 32.1 Å². The highest BCUT2D eigenvalue weighted by Crippen LogP contribution is 2.42. The second kappa shape index (κ2) is 46.7. The minimum Gasteiger partial charge on any atom is -0.463 e. The SMILES string of the molecule is CC/C=C\C/C=C\C/C=C\C/C=C\C/C=C\CCCCCC(=O)NCCOP(=O)(O)OCC(O)COC(=O)CCCCCCCCCCCCC/C=C\C/C=C\CCCCC. The molecule has 0 aromatic heterocycles. The molecule has 1 amide bonds. The third-order valence-corrected chi connectivity index (χ3v) is 10.8. The number of phosphoric ester groups is 1. The summed E-state index contributed by atoms with van der Waals surface area (Å²) in [7, 11) is -4.44. The van der Waals surface area contributed by atoms with E-state index in [1.54, 1.807) is 0 Å². The quantitative estimate of drug-likeness (QED) is 0.0239. The number of aliphatic hydroxyl groups is 1. The molecular weight excluding hydrogens is 786 g/mol. The van der Waals surface area contributed by atoms with Gasteiger partial charge < -0.3 is 20.1 Å². The van der Waals surface area contributed by atoms with Crippen molar-refractivity contribution in [3.05, 3.63) is 85.1 Å². The van der Waals surface area contributed by atoms with E-state index in [0.29, 0.717) is 6.42 Å². The fraction of sp³-hybridized carbons (Fsp3) is 0.686. The van der Waals surface area contributed by atoms with Crippen molar-refractivity contribution in [3.8, 4) is 0 Å². The predicted octanol–water partition coefficient (Wildman–Crippen LogP) is 14.0. The molecule has 3 N–H and O–H groups in total. The molecule has 0 spiro atoms. The van der Waals surface area contributed by atoms with Crippen LogP contribution < -0.4 is 5.32 Å². The number of allylic oxidation sites excluding steroid dienone is 14. The number of esters is 1. The number of carbonyl (C=O) groups excluding carboxylic acids is 2. The molecule has 0 bridgehead atoms. The number of unbranched alkanes of at least 4 members (excludes halogenated alkanes) is 17. The summed E-state index contributed by atoms with van der Waals surface area (Å²) < 4.78 is 26.9. The van der Waals surface area contributed by atoms with Gasteiger partial charge in [0.2, 0.25) is 5.91 Å².